The van der Waals surface area contributed by atoms with Gasteiger partial charge in [-0.1, -0.05) is 18.9 Å². The number of nitrogens with zero attached hydrogens (tertiary/aromatic N) is 2. The number of benzene rings is 1. The average Bonchev–Trinajstić information content (AvgIpc) is 3.18. The molecule has 1 aliphatic rings. The Bertz CT molecular complexity index is 804. The van der Waals surface area contributed by atoms with Crippen molar-refractivity contribution in [3.8, 4) is 11.5 Å². The number of nitrogens with one attached hydrogen (secondary N) is 2. The van der Waals surface area contributed by atoms with Gasteiger partial charge in [0.25, 0.3) is 5.91 Å². The summed E-state index contributed by atoms with van der Waals surface area (Å²) in [6.45, 7) is 2.24. The highest BCUT2D eigenvalue weighted by molar-refractivity contribution is 5.92. The zero-order valence-corrected chi connectivity index (χ0v) is 16.0. The van der Waals surface area contributed by atoms with Crippen molar-refractivity contribution in [3.05, 3.63) is 41.2 Å². The fourth-order valence-corrected chi connectivity index (χ4v) is 3.27. The van der Waals surface area contributed by atoms with Crippen LogP contribution in [0.5, 0.6) is 11.5 Å². The molecule has 27 heavy (non-hydrogen) atoms. The van der Waals surface area contributed by atoms with Crippen molar-refractivity contribution in [3.63, 3.8) is 0 Å². The van der Waals surface area contributed by atoms with Gasteiger partial charge < -0.3 is 20.1 Å². The molecular formula is C20H26N4O3. The van der Waals surface area contributed by atoms with E-state index in [9.17, 15) is 4.79 Å². The highest BCUT2D eigenvalue weighted by Crippen LogP contribution is 2.27. The first-order chi connectivity index (χ1) is 13.1. The van der Waals surface area contributed by atoms with Crippen molar-refractivity contribution in [1.82, 2.24) is 15.3 Å². The summed E-state index contributed by atoms with van der Waals surface area (Å²) in [6.07, 6.45) is 4.70. The molecule has 1 saturated carbocycles. The fourth-order valence-electron chi connectivity index (χ4n) is 3.27. The summed E-state index contributed by atoms with van der Waals surface area (Å²) < 4.78 is 10.5. The predicted octanol–water partition coefficient (Wildman–Crippen LogP) is 3.09. The number of aromatic nitrogens is 2. The third-order valence-electron chi connectivity index (χ3n) is 4.68. The summed E-state index contributed by atoms with van der Waals surface area (Å²) in [5, 5.41) is 6.24. The minimum Gasteiger partial charge on any atom is -0.493 e. The number of hydrogen-bond acceptors (Lipinski definition) is 6. The molecule has 0 spiro atoms. The van der Waals surface area contributed by atoms with Crippen LogP contribution in [0.1, 0.15) is 47.4 Å². The molecule has 0 bridgehead atoms. The van der Waals surface area contributed by atoms with Crippen LogP contribution in [0.2, 0.25) is 0 Å². The predicted molar refractivity (Wildman–Crippen MR) is 103 cm³/mol. The normalized spacial score (nSPS) is 14.0. The van der Waals surface area contributed by atoms with Crippen molar-refractivity contribution in [1.29, 1.82) is 0 Å². The van der Waals surface area contributed by atoms with Gasteiger partial charge in [-0.3, -0.25) is 4.79 Å². The Morgan fingerprint density at radius 1 is 1.11 bits per heavy atom. The third kappa shape index (κ3) is 4.87. The Morgan fingerprint density at radius 2 is 1.85 bits per heavy atom. The van der Waals surface area contributed by atoms with Crippen LogP contribution in [0.25, 0.3) is 0 Å². The molecule has 0 aliphatic heterocycles. The summed E-state index contributed by atoms with van der Waals surface area (Å²) in [5.41, 5.74) is 2.04. The van der Waals surface area contributed by atoms with Gasteiger partial charge in [-0.05, 0) is 43.5 Å². The molecule has 0 atom stereocenters. The van der Waals surface area contributed by atoms with E-state index in [1.807, 2.05) is 25.1 Å². The van der Waals surface area contributed by atoms with E-state index in [-0.39, 0.29) is 5.91 Å². The maximum Gasteiger partial charge on any atom is 0.270 e. The maximum atomic E-state index is 12.6. The summed E-state index contributed by atoms with van der Waals surface area (Å²) in [5.74, 6) is 1.58. The van der Waals surface area contributed by atoms with Crippen LogP contribution < -0.4 is 20.1 Å². The molecule has 1 fully saturated rings. The van der Waals surface area contributed by atoms with Crippen LogP contribution in [0.3, 0.4) is 0 Å². The van der Waals surface area contributed by atoms with Crippen LogP contribution in [-0.4, -0.2) is 36.1 Å². The Morgan fingerprint density at radius 3 is 2.56 bits per heavy atom. The lowest BCUT2D eigenvalue weighted by atomic mass is 10.2. The lowest BCUT2D eigenvalue weighted by Crippen LogP contribution is -2.25. The molecule has 7 nitrogen and oxygen atoms in total. The van der Waals surface area contributed by atoms with Crippen LogP contribution in [0.4, 0.5) is 5.95 Å². The first-order valence-electron chi connectivity index (χ1n) is 9.20. The largest absolute Gasteiger partial charge is 0.493 e. The molecule has 1 aromatic heterocycles. The second-order valence-corrected chi connectivity index (χ2v) is 6.72. The van der Waals surface area contributed by atoms with Gasteiger partial charge in [-0.25, -0.2) is 9.97 Å². The van der Waals surface area contributed by atoms with Gasteiger partial charge >= 0.3 is 0 Å². The van der Waals surface area contributed by atoms with Gasteiger partial charge in [-0.2, -0.15) is 0 Å². The van der Waals surface area contributed by atoms with Crippen LogP contribution in [-0.2, 0) is 6.54 Å². The standard InChI is InChI=1S/C20H26N4O3/c1-13-10-16(24-20(22-13)23-15-6-4-5-7-15)19(25)21-12-14-8-9-17(26-2)18(11-14)27-3/h8-11,15H,4-7,12H2,1-3H3,(H,21,25)(H,22,23,24). The van der Waals surface area contributed by atoms with Gasteiger partial charge in [0.15, 0.2) is 11.5 Å². The van der Waals surface area contributed by atoms with Crippen LogP contribution >= 0.6 is 0 Å². The molecule has 0 saturated heterocycles. The van der Waals surface area contributed by atoms with Crippen molar-refractivity contribution in [2.75, 3.05) is 19.5 Å². The summed E-state index contributed by atoms with van der Waals surface area (Å²) in [4.78, 5) is 21.4. The first-order valence-corrected chi connectivity index (χ1v) is 9.20. The zero-order chi connectivity index (χ0) is 19.2. The lowest BCUT2D eigenvalue weighted by molar-refractivity contribution is 0.0945. The van der Waals surface area contributed by atoms with E-state index >= 15 is 0 Å². The second kappa shape index (κ2) is 8.70. The third-order valence-corrected chi connectivity index (χ3v) is 4.68. The number of ether oxygens (including phenoxy) is 2. The van der Waals surface area contributed by atoms with Gasteiger partial charge in [0.05, 0.1) is 14.2 Å². The topological polar surface area (TPSA) is 85.4 Å². The number of carbonyl (C=O) groups excluding carboxylic acids is 1. The minimum absolute atomic E-state index is 0.232. The molecule has 1 aromatic carbocycles. The number of hydrogen-bond donors (Lipinski definition) is 2. The Hall–Kier alpha value is -2.83. The number of anilines is 1. The van der Waals surface area contributed by atoms with Crippen LogP contribution in [0, 0.1) is 6.92 Å². The molecule has 1 aliphatic carbocycles. The highest BCUT2D eigenvalue weighted by Gasteiger charge is 2.17. The van der Waals surface area contributed by atoms with Gasteiger partial charge in [0.2, 0.25) is 5.95 Å². The SMILES string of the molecule is COc1ccc(CNC(=O)c2cc(C)nc(NC3CCCC3)n2)cc1OC. The van der Waals surface area contributed by atoms with Gasteiger partial charge in [0.1, 0.15) is 5.69 Å². The van der Waals surface area contributed by atoms with E-state index in [1.54, 1.807) is 20.3 Å². The number of carbonyl (C=O) groups is 1. The molecule has 7 heteroatoms. The number of rotatable bonds is 7. The maximum absolute atomic E-state index is 12.6. The van der Waals surface area contributed by atoms with E-state index in [0.717, 1.165) is 24.1 Å². The highest BCUT2D eigenvalue weighted by atomic mass is 16.5. The molecule has 1 amide bonds. The molecule has 0 radical (unpaired) electrons. The molecule has 2 aromatic rings. The van der Waals surface area contributed by atoms with Gasteiger partial charge in [-0.15, -0.1) is 0 Å². The summed E-state index contributed by atoms with van der Waals surface area (Å²) in [6, 6.07) is 7.65. The second-order valence-electron chi connectivity index (χ2n) is 6.72. The Balaban J connectivity index is 1.66. The summed E-state index contributed by atoms with van der Waals surface area (Å²) >= 11 is 0. The smallest absolute Gasteiger partial charge is 0.270 e. The van der Waals surface area contributed by atoms with Crippen molar-refractivity contribution < 1.29 is 14.3 Å². The fraction of sp³-hybridized carbons (Fsp3) is 0.450. The summed E-state index contributed by atoms with van der Waals surface area (Å²) in [7, 11) is 3.18. The van der Waals surface area contributed by atoms with Gasteiger partial charge in [0, 0.05) is 18.3 Å². The average molecular weight is 370 g/mol. The Labute approximate surface area is 159 Å². The molecule has 3 rings (SSSR count). The molecule has 0 unspecified atom stereocenters. The lowest BCUT2D eigenvalue weighted by Gasteiger charge is -2.13. The van der Waals surface area contributed by atoms with Crippen molar-refractivity contribution in [2.45, 2.75) is 45.2 Å². The van der Waals surface area contributed by atoms with E-state index in [1.165, 1.54) is 12.8 Å². The Kier molecular flexibility index (Phi) is 6.11. The number of amides is 1. The molecule has 1 heterocycles. The molecular weight excluding hydrogens is 344 g/mol. The molecule has 144 valence electrons. The number of methoxy groups -OCH3 is 2. The van der Waals surface area contributed by atoms with Crippen molar-refractivity contribution in [2.24, 2.45) is 0 Å². The van der Waals surface area contributed by atoms with E-state index in [4.69, 9.17) is 9.47 Å². The van der Waals surface area contributed by atoms with Crippen molar-refractivity contribution >= 4 is 11.9 Å². The van der Waals surface area contributed by atoms with E-state index in [0.29, 0.717) is 35.7 Å². The molecule has 2 N–H and O–H groups in total. The van der Waals surface area contributed by atoms with E-state index in [2.05, 4.69) is 20.6 Å². The monoisotopic (exact) mass is 370 g/mol. The first kappa shape index (κ1) is 18.9. The zero-order valence-electron chi connectivity index (χ0n) is 16.0. The van der Waals surface area contributed by atoms with Crippen LogP contribution in [0.15, 0.2) is 24.3 Å². The minimum atomic E-state index is -0.232. The number of aryl methyl sites for hydroxylation is 1. The van der Waals surface area contributed by atoms with E-state index < -0.39 is 0 Å². The quantitative estimate of drug-likeness (QED) is 0.779.